The Morgan fingerprint density at radius 2 is 1.95 bits per heavy atom. The number of anilines is 1. The van der Waals surface area contributed by atoms with Gasteiger partial charge in [-0.25, -0.2) is 0 Å². The highest BCUT2D eigenvalue weighted by Crippen LogP contribution is 2.32. The molecule has 2 rings (SSSR count). The summed E-state index contributed by atoms with van der Waals surface area (Å²) in [5.74, 6) is 0.584. The zero-order chi connectivity index (χ0) is 15.4. The number of nitrogens with zero attached hydrogens (tertiary/aromatic N) is 1. The van der Waals surface area contributed by atoms with Gasteiger partial charge in [-0.2, -0.15) is 0 Å². The van der Waals surface area contributed by atoms with E-state index in [1.54, 1.807) is 13.2 Å². The van der Waals surface area contributed by atoms with Crippen LogP contribution < -0.4 is 10.1 Å². The molecule has 0 spiro atoms. The minimum atomic E-state index is -0.414. The lowest BCUT2D eigenvalue weighted by molar-refractivity contribution is -0.384. The number of nitrogens with one attached hydrogen (secondary N) is 1. The molecule has 0 saturated carbocycles. The van der Waals surface area contributed by atoms with Crippen molar-refractivity contribution in [3.63, 3.8) is 0 Å². The fraction of sp³-hybridized carbons (Fsp3) is 0.250. The molecule has 0 aliphatic heterocycles. The van der Waals surface area contributed by atoms with E-state index in [-0.39, 0.29) is 11.7 Å². The number of ether oxygens (including phenoxy) is 1. The molecule has 0 radical (unpaired) electrons. The van der Waals surface area contributed by atoms with E-state index in [1.165, 1.54) is 17.7 Å². The average molecular weight is 286 g/mol. The van der Waals surface area contributed by atoms with Crippen LogP contribution in [0.3, 0.4) is 0 Å². The third kappa shape index (κ3) is 3.31. The minimum Gasteiger partial charge on any atom is -0.495 e. The van der Waals surface area contributed by atoms with Crippen molar-refractivity contribution in [2.45, 2.75) is 19.9 Å². The second-order valence-electron chi connectivity index (χ2n) is 4.86. The van der Waals surface area contributed by atoms with Crippen LogP contribution in [0.25, 0.3) is 0 Å². The smallest absolute Gasteiger partial charge is 0.271 e. The summed E-state index contributed by atoms with van der Waals surface area (Å²) in [5.41, 5.74) is 2.96. The summed E-state index contributed by atoms with van der Waals surface area (Å²) in [6, 6.07) is 12.6. The van der Waals surface area contributed by atoms with Crippen LogP contribution in [-0.2, 0) is 0 Å². The topological polar surface area (TPSA) is 64.4 Å². The molecule has 1 N–H and O–H groups in total. The van der Waals surface area contributed by atoms with Crippen LogP contribution in [-0.4, -0.2) is 12.0 Å². The summed E-state index contributed by atoms with van der Waals surface area (Å²) in [4.78, 5) is 10.5. The summed E-state index contributed by atoms with van der Waals surface area (Å²) in [7, 11) is 1.55. The lowest BCUT2D eigenvalue weighted by Crippen LogP contribution is -2.09. The first kappa shape index (κ1) is 14.8. The van der Waals surface area contributed by atoms with Crippen molar-refractivity contribution in [3.8, 4) is 5.75 Å². The van der Waals surface area contributed by atoms with Gasteiger partial charge in [-0.3, -0.25) is 10.1 Å². The van der Waals surface area contributed by atoms with Crippen molar-refractivity contribution in [1.82, 2.24) is 0 Å². The van der Waals surface area contributed by atoms with Gasteiger partial charge in [-0.1, -0.05) is 24.3 Å². The predicted octanol–water partition coefficient (Wildman–Crippen LogP) is 4.08. The van der Waals surface area contributed by atoms with E-state index in [0.29, 0.717) is 11.4 Å². The summed E-state index contributed by atoms with van der Waals surface area (Å²) >= 11 is 0. The molecule has 2 aromatic rings. The summed E-state index contributed by atoms with van der Waals surface area (Å²) in [5, 5.41) is 14.2. The molecule has 1 atom stereocenters. The highest BCUT2D eigenvalue weighted by Gasteiger charge is 2.14. The average Bonchev–Trinajstić information content (AvgIpc) is 2.47. The van der Waals surface area contributed by atoms with Gasteiger partial charge in [-0.05, 0) is 31.0 Å². The highest BCUT2D eigenvalue weighted by atomic mass is 16.6. The second kappa shape index (κ2) is 6.26. The number of aryl methyl sites for hydroxylation is 1. The van der Waals surface area contributed by atoms with Crippen LogP contribution in [0.5, 0.6) is 5.75 Å². The molecule has 0 saturated heterocycles. The Kier molecular flexibility index (Phi) is 4.42. The fourth-order valence-electron chi connectivity index (χ4n) is 2.31. The molecule has 0 bridgehead atoms. The molecule has 5 heteroatoms. The van der Waals surface area contributed by atoms with Crippen molar-refractivity contribution in [2.24, 2.45) is 0 Å². The van der Waals surface area contributed by atoms with Gasteiger partial charge in [0, 0.05) is 18.2 Å². The molecule has 0 aliphatic rings. The van der Waals surface area contributed by atoms with Crippen LogP contribution in [0.15, 0.2) is 42.5 Å². The Morgan fingerprint density at radius 3 is 2.57 bits per heavy atom. The van der Waals surface area contributed by atoms with Crippen LogP contribution >= 0.6 is 0 Å². The summed E-state index contributed by atoms with van der Waals surface area (Å²) < 4.78 is 5.26. The summed E-state index contributed by atoms with van der Waals surface area (Å²) in [6.07, 6.45) is 0. The Balaban J connectivity index is 2.31. The van der Waals surface area contributed by atoms with Crippen LogP contribution in [0.4, 0.5) is 11.4 Å². The van der Waals surface area contributed by atoms with Crippen molar-refractivity contribution >= 4 is 11.4 Å². The molecule has 2 aromatic carbocycles. The van der Waals surface area contributed by atoms with E-state index >= 15 is 0 Å². The number of rotatable bonds is 5. The third-order valence-corrected chi connectivity index (χ3v) is 3.42. The van der Waals surface area contributed by atoms with Gasteiger partial charge in [0.25, 0.3) is 5.69 Å². The standard InChI is InChI=1S/C16H18N2O3/c1-11-6-4-5-7-14(11)12(2)17-15-10-13(18(19)20)8-9-16(15)21-3/h4-10,12,17H,1-3H3. The first-order valence-electron chi connectivity index (χ1n) is 6.67. The van der Waals surface area contributed by atoms with E-state index in [9.17, 15) is 10.1 Å². The van der Waals surface area contributed by atoms with Crippen molar-refractivity contribution in [2.75, 3.05) is 12.4 Å². The lowest BCUT2D eigenvalue weighted by Gasteiger charge is -2.19. The highest BCUT2D eigenvalue weighted by molar-refractivity contribution is 5.62. The molecule has 0 heterocycles. The molecule has 0 amide bonds. The number of benzene rings is 2. The molecule has 110 valence electrons. The third-order valence-electron chi connectivity index (χ3n) is 3.42. The fourth-order valence-corrected chi connectivity index (χ4v) is 2.31. The van der Waals surface area contributed by atoms with Gasteiger partial charge in [0.1, 0.15) is 5.75 Å². The van der Waals surface area contributed by atoms with E-state index in [4.69, 9.17) is 4.74 Å². The molecule has 0 aliphatic carbocycles. The molecule has 21 heavy (non-hydrogen) atoms. The number of hydrogen-bond acceptors (Lipinski definition) is 4. The monoisotopic (exact) mass is 286 g/mol. The first-order chi connectivity index (χ1) is 10.0. The molecule has 5 nitrogen and oxygen atoms in total. The zero-order valence-electron chi connectivity index (χ0n) is 12.3. The molecular formula is C16H18N2O3. The molecular weight excluding hydrogens is 268 g/mol. The molecule has 1 unspecified atom stereocenters. The van der Waals surface area contributed by atoms with E-state index in [0.717, 1.165) is 5.56 Å². The number of nitro groups is 1. The number of nitro benzene ring substituents is 1. The molecule has 0 fully saturated rings. The maximum atomic E-state index is 10.9. The zero-order valence-corrected chi connectivity index (χ0v) is 12.3. The van der Waals surface area contributed by atoms with Gasteiger partial charge in [0.2, 0.25) is 0 Å². The normalized spacial score (nSPS) is 11.8. The maximum Gasteiger partial charge on any atom is 0.271 e. The van der Waals surface area contributed by atoms with Crippen molar-refractivity contribution in [1.29, 1.82) is 0 Å². The van der Waals surface area contributed by atoms with Gasteiger partial charge >= 0.3 is 0 Å². The largest absolute Gasteiger partial charge is 0.495 e. The van der Waals surface area contributed by atoms with Crippen LogP contribution in [0.2, 0.25) is 0 Å². The van der Waals surface area contributed by atoms with Crippen molar-refractivity contribution in [3.05, 3.63) is 63.7 Å². The Labute approximate surface area is 123 Å². The SMILES string of the molecule is COc1ccc([N+](=O)[O-])cc1NC(C)c1ccccc1C. The van der Waals surface area contributed by atoms with E-state index in [2.05, 4.69) is 5.32 Å². The van der Waals surface area contributed by atoms with E-state index in [1.807, 2.05) is 38.1 Å². The number of hydrogen-bond donors (Lipinski definition) is 1. The van der Waals surface area contributed by atoms with Gasteiger partial charge < -0.3 is 10.1 Å². The van der Waals surface area contributed by atoms with E-state index < -0.39 is 4.92 Å². The lowest BCUT2D eigenvalue weighted by atomic mass is 10.0. The van der Waals surface area contributed by atoms with Crippen LogP contribution in [0.1, 0.15) is 24.1 Å². The Bertz CT molecular complexity index is 656. The second-order valence-corrected chi connectivity index (χ2v) is 4.86. The first-order valence-corrected chi connectivity index (χ1v) is 6.67. The Hall–Kier alpha value is -2.56. The minimum absolute atomic E-state index is 0.0158. The van der Waals surface area contributed by atoms with Gasteiger partial charge in [0.05, 0.1) is 17.7 Å². The summed E-state index contributed by atoms with van der Waals surface area (Å²) in [6.45, 7) is 4.05. The Morgan fingerprint density at radius 1 is 1.24 bits per heavy atom. The van der Waals surface area contributed by atoms with Crippen molar-refractivity contribution < 1.29 is 9.66 Å². The van der Waals surface area contributed by atoms with Gasteiger partial charge in [0.15, 0.2) is 0 Å². The molecule has 0 aromatic heterocycles. The van der Waals surface area contributed by atoms with Crippen LogP contribution in [0, 0.1) is 17.0 Å². The quantitative estimate of drug-likeness (QED) is 0.664. The number of non-ortho nitro benzene ring substituents is 1. The number of methoxy groups -OCH3 is 1. The van der Waals surface area contributed by atoms with Gasteiger partial charge in [-0.15, -0.1) is 0 Å². The maximum absolute atomic E-state index is 10.9. The predicted molar refractivity (Wildman–Crippen MR) is 82.9 cm³/mol.